The summed E-state index contributed by atoms with van der Waals surface area (Å²) >= 11 is 1.36. The SMILES string of the molecule is CC1(C)SC(CC(=O)O)NC1C(=O)O. The summed E-state index contributed by atoms with van der Waals surface area (Å²) in [6, 6.07) is -0.683. The summed E-state index contributed by atoms with van der Waals surface area (Å²) in [4.78, 5) is 21.3. The van der Waals surface area contributed by atoms with Gasteiger partial charge in [0, 0.05) is 4.75 Å². The minimum Gasteiger partial charge on any atom is -0.481 e. The molecule has 1 aliphatic rings. The molecule has 14 heavy (non-hydrogen) atoms. The van der Waals surface area contributed by atoms with Crippen LogP contribution in [0.25, 0.3) is 0 Å². The number of aliphatic carboxylic acids is 2. The van der Waals surface area contributed by atoms with Gasteiger partial charge in [-0.05, 0) is 13.8 Å². The maximum atomic E-state index is 10.8. The van der Waals surface area contributed by atoms with Crippen molar-refractivity contribution in [2.45, 2.75) is 36.4 Å². The van der Waals surface area contributed by atoms with E-state index < -0.39 is 22.7 Å². The van der Waals surface area contributed by atoms with Gasteiger partial charge >= 0.3 is 11.9 Å². The average molecular weight is 219 g/mol. The van der Waals surface area contributed by atoms with Gasteiger partial charge in [-0.15, -0.1) is 11.8 Å². The van der Waals surface area contributed by atoms with Crippen molar-refractivity contribution in [3.63, 3.8) is 0 Å². The first-order valence-electron chi connectivity index (χ1n) is 4.21. The van der Waals surface area contributed by atoms with E-state index >= 15 is 0 Å². The predicted octanol–water partition coefficient (Wildman–Crippen LogP) is 0.355. The van der Waals surface area contributed by atoms with E-state index in [1.165, 1.54) is 11.8 Å². The highest BCUT2D eigenvalue weighted by atomic mass is 32.2. The third kappa shape index (κ3) is 2.39. The number of carboxylic acid groups (broad SMARTS) is 2. The molecule has 1 fully saturated rings. The number of hydrogen-bond donors (Lipinski definition) is 3. The van der Waals surface area contributed by atoms with Gasteiger partial charge in [0.1, 0.15) is 6.04 Å². The Morgan fingerprint density at radius 3 is 2.36 bits per heavy atom. The molecule has 1 heterocycles. The van der Waals surface area contributed by atoms with Crippen LogP contribution in [0.2, 0.25) is 0 Å². The number of thioether (sulfide) groups is 1. The van der Waals surface area contributed by atoms with Gasteiger partial charge in [-0.2, -0.15) is 0 Å². The quantitative estimate of drug-likeness (QED) is 0.635. The Labute approximate surface area is 85.9 Å². The smallest absolute Gasteiger partial charge is 0.322 e. The monoisotopic (exact) mass is 219 g/mol. The zero-order valence-corrected chi connectivity index (χ0v) is 8.80. The zero-order chi connectivity index (χ0) is 10.9. The van der Waals surface area contributed by atoms with Crippen LogP contribution in [0.15, 0.2) is 0 Å². The van der Waals surface area contributed by atoms with Crippen molar-refractivity contribution in [3.8, 4) is 0 Å². The zero-order valence-electron chi connectivity index (χ0n) is 7.98. The van der Waals surface area contributed by atoms with Gasteiger partial charge in [0.15, 0.2) is 0 Å². The van der Waals surface area contributed by atoms with E-state index in [0.29, 0.717) is 0 Å². The third-order valence-corrected chi connectivity index (χ3v) is 3.53. The van der Waals surface area contributed by atoms with Gasteiger partial charge in [-0.25, -0.2) is 0 Å². The highest BCUT2D eigenvalue weighted by Crippen LogP contribution is 2.38. The van der Waals surface area contributed by atoms with Crippen molar-refractivity contribution in [1.82, 2.24) is 5.32 Å². The van der Waals surface area contributed by atoms with Crippen molar-refractivity contribution >= 4 is 23.7 Å². The average Bonchev–Trinajstić information content (AvgIpc) is 2.23. The molecule has 2 atom stereocenters. The van der Waals surface area contributed by atoms with Crippen LogP contribution in [-0.4, -0.2) is 38.3 Å². The van der Waals surface area contributed by atoms with E-state index in [-0.39, 0.29) is 11.8 Å². The molecule has 2 unspecified atom stereocenters. The summed E-state index contributed by atoms with van der Waals surface area (Å²) in [5.74, 6) is -1.85. The third-order valence-electron chi connectivity index (χ3n) is 2.10. The number of hydrogen-bond acceptors (Lipinski definition) is 4. The molecule has 0 amide bonds. The topological polar surface area (TPSA) is 86.6 Å². The first-order chi connectivity index (χ1) is 6.33. The Kier molecular flexibility index (Phi) is 3.06. The predicted molar refractivity (Wildman–Crippen MR) is 52.3 cm³/mol. The first kappa shape index (κ1) is 11.3. The second kappa shape index (κ2) is 3.78. The van der Waals surface area contributed by atoms with E-state index in [2.05, 4.69) is 5.32 Å². The Hall–Kier alpha value is -0.750. The van der Waals surface area contributed by atoms with E-state index in [1.54, 1.807) is 13.8 Å². The molecule has 0 saturated carbocycles. The number of rotatable bonds is 3. The largest absolute Gasteiger partial charge is 0.481 e. The summed E-state index contributed by atoms with van der Waals surface area (Å²) in [5, 5.41) is 19.9. The van der Waals surface area contributed by atoms with Gasteiger partial charge in [0.05, 0.1) is 11.8 Å². The van der Waals surface area contributed by atoms with Gasteiger partial charge in [0.2, 0.25) is 0 Å². The molecule has 1 rings (SSSR count). The molecule has 80 valence electrons. The summed E-state index contributed by atoms with van der Waals surface area (Å²) in [6.07, 6.45) is -0.0577. The normalized spacial score (nSPS) is 30.1. The molecule has 6 heteroatoms. The molecule has 0 aromatic heterocycles. The Morgan fingerprint density at radius 1 is 1.43 bits per heavy atom. The molecule has 3 N–H and O–H groups in total. The van der Waals surface area contributed by atoms with Crippen molar-refractivity contribution in [3.05, 3.63) is 0 Å². The van der Waals surface area contributed by atoms with Crippen LogP contribution >= 0.6 is 11.8 Å². The van der Waals surface area contributed by atoms with E-state index in [0.717, 1.165) is 0 Å². The number of nitrogens with one attached hydrogen (secondary N) is 1. The van der Waals surface area contributed by atoms with Crippen molar-refractivity contribution in [1.29, 1.82) is 0 Å². The van der Waals surface area contributed by atoms with Crippen LogP contribution in [0.5, 0.6) is 0 Å². The molecule has 1 aliphatic heterocycles. The molecular formula is C8H13NO4S. The van der Waals surface area contributed by atoms with Crippen LogP contribution in [0.4, 0.5) is 0 Å². The van der Waals surface area contributed by atoms with Gasteiger partial charge in [0.25, 0.3) is 0 Å². The molecule has 0 aromatic rings. The van der Waals surface area contributed by atoms with Crippen molar-refractivity contribution in [2.75, 3.05) is 0 Å². The van der Waals surface area contributed by atoms with E-state index in [9.17, 15) is 9.59 Å². The second-order valence-corrected chi connectivity index (χ2v) is 5.60. The Morgan fingerprint density at radius 2 is 2.00 bits per heavy atom. The molecule has 5 nitrogen and oxygen atoms in total. The summed E-state index contributed by atoms with van der Waals surface area (Å²) < 4.78 is -0.466. The van der Waals surface area contributed by atoms with Crippen molar-refractivity contribution < 1.29 is 19.8 Å². The van der Waals surface area contributed by atoms with Crippen LogP contribution in [0.3, 0.4) is 0 Å². The van der Waals surface area contributed by atoms with Gasteiger partial charge in [-0.1, -0.05) is 0 Å². The summed E-state index contributed by atoms with van der Waals surface area (Å²) in [7, 11) is 0. The fraction of sp³-hybridized carbons (Fsp3) is 0.750. The number of carboxylic acids is 2. The number of carbonyl (C=O) groups is 2. The lowest BCUT2D eigenvalue weighted by atomic mass is 10.0. The van der Waals surface area contributed by atoms with Crippen molar-refractivity contribution in [2.24, 2.45) is 0 Å². The second-order valence-electron chi connectivity index (χ2n) is 3.75. The van der Waals surface area contributed by atoms with Crippen LogP contribution in [0, 0.1) is 0 Å². The van der Waals surface area contributed by atoms with Crippen LogP contribution in [0.1, 0.15) is 20.3 Å². The molecule has 0 aromatic carbocycles. The van der Waals surface area contributed by atoms with E-state index in [1.807, 2.05) is 0 Å². The molecule has 0 aliphatic carbocycles. The molecule has 0 bridgehead atoms. The molecular weight excluding hydrogens is 206 g/mol. The molecule has 1 saturated heterocycles. The first-order valence-corrected chi connectivity index (χ1v) is 5.09. The maximum Gasteiger partial charge on any atom is 0.322 e. The van der Waals surface area contributed by atoms with Crippen LogP contribution in [-0.2, 0) is 9.59 Å². The minimum absolute atomic E-state index is 0.0577. The Bertz CT molecular complexity index is 266. The fourth-order valence-electron chi connectivity index (χ4n) is 1.48. The standard InChI is InChI=1S/C8H13NO4S/c1-8(2)6(7(12)13)9-4(14-8)3-5(10)11/h4,6,9H,3H2,1-2H3,(H,10,11)(H,12,13). The minimum atomic E-state index is -0.935. The Balaban J connectivity index is 2.66. The molecule has 0 radical (unpaired) electrons. The lowest BCUT2D eigenvalue weighted by molar-refractivity contribution is -0.141. The van der Waals surface area contributed by atoms with Crippen LogP contribution < -0.4 is 5.32 Å². The highest BCUT2D eigenvalue weighted by molar-refractivity contribution is 8.01. The maximum absolute atomic E-state index is 10.8. The summed E-state index contributed by atoms with van der Waals surface area (Å²) in [5.41, 5.74) is 0. The van der Waals surface area contributed by atoms with Gasteiger partial charge < -0.3 is 10.2 Å². The van der Waals surface area contributed by atoms with Gasteiger partial charge in [-0.3, -0.25) is 14.9 Å². The summed E-state index contributed by atoms with van der Waals surface area (Å²) in [6.45, 7) is 3.59. The highest BCUT2D eigenvalue weighted by Gasteiger charge is 2.45. The molecule has 0 spiro atoms. The lowest BCUT2D eigenvalue weighted by Crippen LogP contribution is -2.44. The van der Waals surface area contributed by atoms with E-state index in [4.69, 9.17) is 10.2 Å². The fourth-order valence-corrected chi connectivity index (χ4v) is 2.95. The lowest BCUT2D eigenvalue weighted by Gasteiger charge is -2.20.